The van der Waals surface area contributed by atoms with Crippen LogP contribution < -0.4 is 0 Å². The standard InChI is InChI=1S/C12H26BrN.BrH/c1-4-5-6-7-9-12(14(2)3)10-8-11-13;/h12H,4-11H2,1-3H3;1H. The Morgan fingerprint density at radius 3 is 2.07 bits per heavy atom. The Hall–Kier alpha value is 0.920. The number of hydrogen-bond donors (Lipinski definition) is 0. The highest BCUT2D eigenvalue weighted by Crippen LogP contribution is 2.14. The Kier molecular flexibility index (Phi) is 15.8. The van der Waals surface area contributed by atoms with Crippen LogP contribution in [0.25, 0.3) is 0 Å². The fourth-order valence-electron chi connectivity index (χ4n) is 1.78. The van der Waals surface area contributed by atoms with Crippen molar-refractivity contribution in [1.29, 1.82) is 0 Å². The van der Waals surface area contributed by atoms with Crippen LogP contribution in [0.4, 0.5) is 0 Å². The molecule has 94 valence electrons. The van der Waals surface area contributed by atoms with Gasteiger partial charge in [-0.2, -0.15) is 0 Å². The van der Waals surface area contributed by atoms with Crippen LogP contribution in [0.1, 0.15) is 51.9 Å². The molecule has 0 aromatic heterocycles. The van der Waals surface area contributed by atoms with E-state index in [1.54, 1.807) is 0 Å². The van der Waals surface area contributed by atoms with Gasteiger partial charge in [-0.05, 0) is 33.4 Å². The SMILES string of the molecule is Br.CCCCCCC(CCCBr)N(C)C. The second kappa shape index (κ2) is 13.0. The van der Waals surface area contributed by atoms with Crippen LogP contribution in [0.2, 0.25) is 0 Å². The molecule has 0 heterocycles. The van der Waals surface area contributed by atoms with Gasteiger partial charge in [-0.25, -0.2) is 0 Å². The lowest BCUT2D eigenvalue weighted by molar-refractivity contribution is 0.257. The fourth-order valence-corrected chi connectivity index (χ4v) is 2.10. The van der Waals surface area contributed by atoms with Crippen LogP contribution in [0, 0.1) is 0 Å². The monoisotopic (exact) mass is 343 g/mol. The molecule has 0 rings (SSSR count). The third-order valence-corrected chi connectivity index (χ3v) is 3.35. The molecular weight excluding hydrogens is 318 g/mol. The summed E-state index contributed by atoms with van der Waals surface area (Å²) in [7, 11) is 4.41. The van der Waals surface area contributed by atoms with Gasteiger partial charge in [0, 0.05) is 11.4 Å². The minimum atomic E-state index is 0. The Balaban J connectivity index is 0. The van der Waals surface area contributed by atoms with E-state index in [0.29, 0.717) is 0 Å². The molecule has 0 saturated heterocycles. The summed E-state index contributed by atoms with van der Waals surface area (Å²) in [4.78, 5) is 2.38. The molecule has 1 unspecified atom stereocenters. The van der Waals surface area contributed by atoms with E-state index in [1.807, 2.05) is 0 Å². The molecule has 15 heavy (non-hydrogen) atoms. The summed E-state index contributed by atoms with van der Waals surface area (Å²) in [5, 5.41) is 1.15. The Bertz CT molecular complexity index is 118. The van der Waals surface area contributed by atoms with Crippen molar-refractivity contribution >= 4 is 32.9 Å². The summed E-state index contributed by atoms with van der Waals surface area (Å²) < 4.78 is 0. The number of rotatable bonds is 9. The van der Waals surface area contributed by atoms with E-state index in [4.69, 9.17) is 0 Å². The van der Waals surface area contributed by atoms with E-state index in [0.717, 1.165) is 11.4 Å². The highest BCUT2D eigenvalue weighted by molar-refractivity contribution is 9.09. The Morgan fingerprint density at radius 1 is 1.00 bits per heavy atom. The maximum Gasteiger partial charge on any atom is 0.00894 e. The number of halogens is 2. The number of unbranched alkanes of at least 4 members (excludes halogenated alkanes) is 3. The second-order valence-corrected chi connectivity index (χ2v) is 5.09. The number of hydrogen-bond acceptors (Lipinski definition) is 1. The molecule has 0 aliphatic rings. The van der Waals surface area contributed by atoms with E-state index in [2.05, 4.69) is 41.8 Å². The minimum absolute atomic E-state index is 0. The van der Waals surface area contributed by atoms with Crippen LogP contribution in [0.5, 0.6) is 0 Å². The average molecular weight is 345 g/mol. The highest BCUT2D eigenvalue weighted by Gasteiger charge is 2.09. The van der Waals surface area contributed by atoms with E-state index in [1.165, 1.54) is 44.9 Å². The molecule has 0 fully saturated rings. The van der Waals surface area contributed by atoms with Gasteiger partial charge in [0.15, 0.2) is 0 Å². The quantitative estimate of drug-likeness (QED) is 0.435. The first-order valence-electron chi connectivity index (χ1n) is 5.94. The fraction of sp³-hybridized carbons (Fsp3) is 1.00. The van der Waals surface area contributed by atoms with Gasteiger partial charge in [-0.1, -0.05) is 48.5 Å². The Morgan fingerprint density at radius 2 is 1.60 bits per heavy atom. The lowest BCUT2D eigenvalue weighted by Crippen LogP contribution is -2.27. The number of nitrogens with zero attached hydrogens (tertiary/aromatic N) is 1. The lowest BCUT2D eigenvalue weighted by atomic mass is 10.0. The van der Waals surface area contributed by atoms with E-state index in [9.17, 15) is 0 Å². The van der Waals surface area contributed by atoms with Gasteiger partial charge in [0.1, 0.15) is 0 Å². The first-order chi connectivity index (χ1) is 6.72. The maximum atomic E-state index is 3.50. The van der Waals surface area contributed by atoms with Gasteiger partial charge in [-0.15, -0.1) is 17.0 Å². The zero-order valence-electron chi connectivity index (χ0n) is 10.5. The summed E-state index contributed by atoms with van der Waals surface area (Å²) >= 11 is 3.50. The Labute approximate surface area is 115 Å². The topological polar surface area (TPSA) is 3.24 Å². The largest absolute Gasteiger partial charge is 0.306 e. The third kappa shape index (κ3) is 11.2. The van der Waals surface area contributed by atoms with Gasteiger partial charge < -0.3 is 4.90 Å². The van der Waals surface area contributed by atoms with Crippen molar-refractivity contribution in [3.05, 3.63) is 0 Å². The lowest BCUT2D eigenvalue weighted by Gasteiger charge is -2.24. The van der Waals surface area contributed by atoms with Crippen LogP contribution in [0.15, 0.2) is 0 Å². The van der Waals surface area contributed by atoms with Gasteiger partial charge in [0.25, 0.3) is 0 Å². The van der Waals surface area contributed by atoms with Gasteiger partial charge in [0.2, 0.25) is 0 Å². The molecule has 0 N–H and O–H groups in total. The summed E-state index contributed by atoms with van der Waals surface area (Å²) in [5.74, 6) is 0. The van der Waals surface area contributed by atoms with Gasteiger partial charge in [0.05, 0.1) is 0 Å². The summed E-state index contributed by atoms with van der Waals surface area (Å²) in [6.07, 6.45) is 9.57. The normalized spacial score (nSPS) is 12.6. The average Bonchev–Trinajstić information content (AvgIpc) is 2.16. The van der Waals surface area contributed by atoms with E-state index >= 15 is 0 Å². The molecule has 0 saturated carbocycles. The van der Waals surface area contributed by atoms with Crippen molar-refractivity contribution in [2.24, 2.45) is 0 Å². The molecule has 0 radical (unpaired) electrons. The molecule has 3 heteroatoms. The summed E-state index contributed by atoms with van der Waals surface area (Å²) in [5.41, 5.74) is 0. The maximum absolute atomic E-state index is 3.50. The summed E-state index contributed by atoms with van der Waals surface area (Å²) in [6.45, 7) is 2.27. The minimum Gasteiger partial charge on any atom is -0.306 e. The van der Waals surface area contributed by atoms with Crippen LogP contribution in [-0.2, 0) is 0 Å². The van der Waals surface area contributed by atoms with Gasteiger partial charge in [-0.3, -0.25) is 0 Å². The van der Waals surface area contributed by atoms with Gasteiger partial charge >= 0.3 is 0 Å². The molecule has 0 aliphatic heterocycles. The van der Waals surface area contributed by atoms with E-state index in [-0.39, 0.29) is 17.0 Å². The third-order valence-electron chi connectivity index (χ3n) is 2.79. The molecular formula is C12H27Br2N. The zero-order valence-corrected chi connectivity index (χ0v) is 13.8. The summed E-state index contributed by atoms with van der Waals surface area (Å²) in [6, 6.07) is 0.796. The van der Waals surface area contributed by atoms with Crippen LogP contribution in [-0.4, -0.2) is 30.4 Å². The van der Waals surface area contributed by atoms with Crippen molar-refractivity contribution in [1.82, 2.24) is 4.90 Å². The first-order valence-corrected chi connectivity index (χ1v) is 7.06. The molecule has 1 atom stereocenters. The molecule has 0 aliphatic carbocycles. The first kappa shape index (κ1) is 18.3. The molecule has 0 bridgehead atoms. The molecule has 0 amide bonds. The van der Waals surface area contributed by atoms with Crippen LogP contribution in [0.3, 0.4) is 0 Å². The number of alkyl halides is 1. The molecule has 0 spiro atoms. The van der Waals surface area contributed by atoms with E-state index < -0.39 is 0 Å². The van der Waals surface area contributed by atoms with Crippen molar-refractivity contribution in [2.75, 3.05) is 19.4 Å². The second-order valence-electron chi connectivity index (χ2n) is 4.30. The molecule has 0 aromatic carbocycles. The zero-order chi connectivity index (χ0) is 10.8. The molecule has 1 nitrogen and oxygen atoms in total. The van der Waals surface area contributed by atoms with Crippen LogP contribution >= 0.6 is 32.9 Å². The molecule has 0 aromatic rings. The predicted octanol–water partition coefficient (Wildman–Crippen LogP) is 4.64. The van der Waals surface area contributed by atoms with Crippen molar-refractivity contribution in [2.45, 2.75) is 57.9 Å². The van der Waals surface area contributed by atoms with Crippen molar-refractivity contribution in [3.63, 3.8) is 0 Å². The van der Waals surface area contributed by atoms with Crippen molar-refractivity contribution in [3.8, 4) is 0 Å². The highest BCUT2D eigenvalue weighted by atomic mass is 79.9. The smallest absolute Gasteiger partial charge is 0.00894 e. The van der Waals surface area contributed by atoms with Crippen molar-refractivity contribution < 1.29 is 0 Å². The predicted molar refractivity (Wildman–Crippen MR) is 79.6 cm³/mol.